The zero-order valence-electron chi connectivity index (χ0n) is 21.4. The van der Waals surface area contributed by atoms with Crippen LogP contribution in [0.5, 0.6) is 0 Å². The van der Waals surface area contributed by atoms with Gasteiger partial charge in [-0.2, -0.15) is 0 Å². The molecular weight excluding hydrogens is 472 g/mol. The van der Waals surface area contributed by atoms with Crippen molar-refractivity contribution in [3.05, 3.63) is 35.9 Å². The van der Waals surface area contributed by atoms with Crippen LogP contribution in [0, 0.1) is 11.8 Å². The van der Waals surface area contributed by atoms with E-state index in [0.29, 0.717) is 5.17 Å². The number of thioether (sulfide) groups is 1. The number of nitrogens with one attached hydrogen (secondary N) is 2. The van der Waals surface area contributed by atoms with Crippen molar-refractivity contribution in [3.63, 3.8) is 0 Å². The van der Waals surface area contributed by atoms with Gasteiger partial charge >= 0.3 is 5.91 Å². The van der Waals surface area contributed by atoms with Crippen LogP contribution in [-0.2, 0) is 20.8 Å². The molecule has 0 spiro atoms. The summed E-state index contributed by atoms with van der Waals surface area (Å²) in [4.78, 5) is 41.4. The summed E-state index contributed by atoms with van der Waals surface area (Å²) in [5.41, 5.74) is 3.77. The van der Waals surface area contributed by atoms with Crippen molar-refractivity contribution in [3.8, 4) is 0 Å². The van der Waals surface area contributed by atoms with Gasteiger partial charge in [0.2, 0.25) is 11.7 Å². The molecule has 0 bridgehead atoms. The van der Waals surface area contributed by atoms with Gasteiger partial charge in [-0.15, -0.1) is 5.10 Å². The number of Topliss-reactive ketones (excluding diaryl/α,β-unsaturated/α-hetero) is 1. The van der Waals surface area contributed by atoms with Crippen molar-refractivity contribution in [1.29, 1.82) is 0 Å². The minimum absolute atomic E-state index is 0.0122. The highest BCUT2D eigenvalue weighted by molar-refractivity contribution is 8.14. The maximum absolute atomic E-state index is 13.3. The summed E-state index contributed by atoms with van der Waals surface area (Å²) in [6, 6.07) is 9.82. The molecule has 1 aromatic carbocycles. The van der Waals surface area contributed by atoms with Gasteiger partial charge in [0.1, 0.15) is 6.04 Å². The third kappa shape index (κ3) is 7.11. The minimum atomic E-state index is -0.763. The number of rotatable bonds is 8. The Hall–Kier alpha value is -2.35. The summed E-state index contributed by atoms with van der Waals surface area (Å²) in [7, 11) is 1.97. The lowest BCUT2D eigenvalue weighted by Gasteiger charge is -2.30. The van der Waals surface area contributed by atoms with Gasteiger partial charge in [0.15, 0.2) is 5.17 Å². The number of benzene rings is 1. The molecule has 2 aliphatic carbocycles. The third-order valence-corrected chi connectivity index (χ3v) is 9.16. The summed E-state index contributed by atoms with van der Waals surface area (Å²) in [5.74, 6) is -0.539. The highest BCUT2D eigenvalue weighted by Gasteiger charge is 2.36. The number of ketones is 1. The van der Waals surface area contributed by atoms with Crippen molar-refractivity contribution in [2.24, 2.45) is 16.9 Å². The van der Waals surface area contributed by atoms with E-state index in [1.807, 2.05) is 25.2 Å². The molecule has 8 heteroatoms. The molecule has 0 aromatic heterocycles. The zero-order chi connectivity index (χ0) is 25.3. The van der Waals surface area contributed by atoms with Gasteiger partial charge in [0.05, 0.1) is 0 Å². The monoisotopic (exact) mass is 512 g/mol. The summed E-state index contributed by atoms with van der Waals surface area (Å²) >= 11 is 1.58. The molecule has 2 saturated carbocycles. The van der Waals surface area contributed by atoms with E-state index in [1.165, 1.54) is 5.56 Å². The second kappa shape index (κ2) is 13.3. The fraction of sp³-hybridized carbons (Fsp3) is 0.643. The van der Waals surface area contributed by atoms with Gasteiger partial charge in [-0.3, -0.25) is 14.4 Å². The first kappa shape index (κ1) is 26.7. The number of nitrogens with zero attached hydrogens (tertiary/aromatic N) is 2. The SMILES string of the molecule is CN1/C(=N/NC(=O)C(=O)[C@H](NC(=O)C2CCCCCC2)C2CCCCC2)SC[C@H]1Cc1ccccc1. The second-order valence-corrected chi connectivity index (χ2v) is 11.5. The van der Waals surface area contributed by atoms with Gasteiger partial charge in [-0.25, -0.2) is 5.43 Å². The summed E-state index contributed by atoms with van der Waals surface area (Å²) in [5, 5.41) is 8.02. The van der Waals surface area contributed by atoms with Crippen LogP contribution in [-0.4, -0.2) is 52.5 Å². The quantitative estimate of drug-likeness (QED) is 0.308. The number of carbonyl (C=O) groups is 3. The van der Waals surface area contributed by atoms with Crippen LogP contribution in [0.15, 0.2) is 35.4 Å². The molecule has 2 atom stereocenters. The highest BCUT2D eigenvalue weighted by Crippen LogP contribution is 2.29. The lowest BCUT2D eigenvalue weighted by Crippen LogP contribution is -2.52. The summed E-state index contributed by atoms with van der Waals surface area (Å²) < 4.78 is 0. The van der Waals surface area contributed by atoms with E-state index in [1.54, 1.807) is 11.8 Å². The number of hydrogen-bond donors (Lipinski definition) is 2. The Balaban J connectivity index is 1.37. The van der Waals surface area contributed by atoms with Gasteiger partial charge < -0.3 is 10.2 Å². The maximum Gasteiger partial charge on any atom is 0.309 e. The van der Waals surface area contributed by atoms with E-state index in [-0.39, 0.29) is 23.8 Å². The van der Waals surface area contributed by atoms with E-state index in [0.717, 1.165) is 82.8 Å². The Labute approximate surface area is 219 Å². The largest absolute Gasteiger partial charge is 0.349 e. The molecule has 1 saturated heterocycles. The van der Waals surface area contributed by atoms with Gasteiger partial charge in [-0.1, -0.05) is 87.0 Å². The molecule has 7 nitrogen and oxygen atoms in total. The van der Waals surface area contributed by atoms with E-state index in [9.17, 15) is 14.4 Å². The first-order valence-corrected chi connectivity index (χ1v) is 14.6. The molecule has 1 heterocycles. The van der Waals surface area contributed by atoms with E-state index in [4.69, 9.17) is 0 Å². The smallest absolute Gasteiger partial charge is 0.309 e. The zero-order valence-corrected chi connectivity index (χ0v) is 22.2. The lowest BCUT2D eigenvalue weighted by molar-refractivity contribution is -0.141. The van der Waals surface area contributed by atoms with Crippen molar-refractivity contribution in [2.75, 3.05) is 12.8 Å². The average Bonchev–Trinajstić information content (AvgIpc) is 3.09. The molecule has 36 heavy (non-hydrogen) atoms. The molecule has 3 fully saturated rings. The third-order valence-electron chi connectivity index (χ3n) is 7.97. The van der Waals surface area contributed by atoms with Crippen molar-refractivity contribution in [2.45, 2.75) is 89.1 Å². The van der Waals surface area contributed by atoms with Crippen LogP contribution in [0.2, 0.25) is 0 Å². The Bertz CT molecular complexity index is 924. The fourth-order valence-corrected chi connectivity index (χ4v) is 6.85. The Morgan fingerprint density at radius 1 is 0.972 bits per heavy atom. The van der Waals surface area contributed by atoms with Crippen LogP contribution < -0.4 is 10.7 Å². The number of hydrazone groups is 1. The Kier molecular flexibility index (Phi) is 9.84. The number of carbonyl (C=O) groups excluding carboxylic acids is 3. The average molecular weight is 513 g/mol. The number of amides is 2. The fourth-order valence-electron chi connectivity index (χ4n) is 5.71. The predicted molar refractivity (Wildman–Crippen MR) is 144 cm³/mol. The van der Waals surface area contributed by atoms with Crippen LogP contribution in [0.3, 0.4) is 0 Å². The molecule has 1 aliphatic heterocycles. The van der Waals surface area contributed by atoms with Crippen molar-refractivity contribution in [1.82, 2.24) is 15.6 Å². The molecule has 4 rings (SSSR count). The molecule has 0 unspecified atom stereocenters. The Morgan fingerprint density at radius 2 is 1.61 bits per heavy atom. The van der Waals surface area contributed by atoms with Crippen LogP contribution >= 0.6 is 11.8 Å². The highest BCUT2D eigenvalue weighted by atomic mass is 32.2. The lowest BCUT2D eigenvalue weighted by atomic mass is 9.81. The molecule has 3 aliphatic rings. The molecule has 2 amide bonds. The number of likely N-dealkylation sites (N-methyl/N-ethyl adjacent to an activating group) is 1. The van der Waals surface area contributed by atoms with Gasteiger partial charge in [0, 0.05) is 24.8 Å². The minimum Gasteiger partial charge on any atom is -0.349 e. The maximum atomic E-state index is 13.3. The second-order valence-electron chi connectivity index (χ2n) is 10.5. The van der Waals surface area contributed by atoms with E-state index >= 15 is 0 Å². The van der Waals surface area contributed by atoms with Crippen LogP contribution in [0.1, 0.15) is 76.2 Å². The summed E-state index contributed by atoms with van der Waals surface area (Å²) in [6.45, 7) is 0. The predicted octanol–water partition coefficient (Wildman–Crippen LogP) is 4.27. The molecule has 196 valence electrons. The standard InChI is InChI=1S/C28H40N4O3S/c1-32-23(18-20-12-6-4-7-13-20)19-36-28(32)31-30-27(35)25(33)24(21-14-10-5-11-15-21)29-26(34)22-16-8-2-3-9-17-22/h4,6-7,12-13,21-24H,2-3,5,8-11,14-19H2,1H3,(H,29,34)(H,30,35)/b31-28-/t23-,24-/m1/s1. The topological polar surface area (TPSA) is 90.9 Å². The van der Waals surface area contributed by atoms with Crippen molar-refractivity contribution < 1.29 is 14.4 Å². The first-order valence-electron chi connectivity index (χ1n) is 13.6. The Morgan fingerprint density at radius 3 is 2.31 bits per heavy atom. The first-order chi connectivity index (χ1) is 17.5. The van der Waals surface area contributed by atoms with Crippen molar-refractivity contribution >= 4 is 34.5 Å². The summed E-state index contributed by atoms with van der Waals surface area (Å²) in [6.07, 6.45) is 12.0. The van der Waals surface area contributed by atoms with Gasteiger partial charge in [-0.05, 0) is 43.6 Å². The number of hydrogen-bond acceptors (Lipinski definition) is 5. The molecular formula is C28H40N4O3S. The normalized spacial score (nSPS) is 23.8. The van der Waals surface area contributed by atoms with E-state index in [2.05, 4.69) is 32.9 Å². The van der Waals surface area contributed by atoms with E-state index < -0.39 is 17.7 Å². The number of amidine groups is 1. The van der Waals surface area contributed by atoms with Crippen LogP contribution in [0.4, 0.5) is 0 Å². The van der Waals surface area contributed by atoms with Crippen LogP contribution in [0.25, 0.3) is 0 Å². The molecule has 2 N–H and O–H groups in total. The molecule has 0 radical (unpaired) electrons. The molecule has 1 aromatic rings. The van der Waals surface area contributed by atoms with Gasteiger partial charge in [0.25, 0.3) is 0 Å².